The Morgan fingerprint density at radius 2 is 1.75 bits per heavy atom. The topological polar surface area (TPSA) is 77.2 Å². The van der Waals surface area contributed by atoms with Gasteiger partial charge in [0.15, 0.2) is 0 Å². The number of hydrogen-bond donors (Lipinski definition) is 5. The van der Waals surface area contributed by atoms with Gasteiger partial charge in [0.2, 0.25) is 5.91 Å². The van der Waals surface area contributed by atoms with E-state index in [1.54, 1.807) is 19.1 Å². The van der Waals surface area contributed by atoms with Crippen LogP contribution >= 0.6 is 0 Å². The van der Waals surface area contributed by atoms with Crippen molar-refractivity contribution in [3.05, 3.63) is 59.7 Å². The average Bonchev–Trinajstić information content (AvgIpc) is 3.00. The Labute approximate surface area is 137 Å². The fourth-order valence-corrected chi connectivity index (χ4v) is 2.40. The minimum Gasteiger partial charge on any atom is -0.367 e. The van der Waals surface area contributed by atoms with E-state index in [1.165, 1.54) is 30.3 Å². The van der Waals surface area contributed by atoms with E-state index in [9.17, 15) is 13.6 Å². The van der Waals surface area contributed by atoms with Crippen molar-refractivity contribution >= 4 is 17.3 Å². The van der Waals surface area contributed by atoms with Gasteiger partial charge in [0, 0.05) is 11.4 Å². The Balaban J connectivity index is 1.68. The predicted octanol–water partition coefficient (Wildman–Crippen LogP) is 1.63. The summed E-state index contributed by atoms with van der Waals surface area (Å²) in [6.07, 6.45) is -0.462. The second-order valence-electron chi connectivity index (χ2n) is 5.47. The summed E-state index contributed by atoms with van der Waals surface area (Å²) in [7, 11) is 0. The largest absolute Gasteiger partial charge is 0.367 e. The van der Waals surface area contributed by atoms with Crippen molar-refractivity contribution in [1.82, 2.24) is 16.4 Å². The molecule has 1 fully saturated rings. The number of halogens is 2. The Morgan fingerprint density at radius 1 is 1.04 bits per heavy atom. The molecule has 24 heavy (non-hydrogen) atoms. The number of nitrogens with one attached hydrogen (secondary N) is 5. The predicted molar refractivity (Wildman–Crippen MR) is 86.8 cm³/mol. The zero-order chi connectivity index (χ0) is 17.1. The summed E-state index contributed by atoms with van der Waals surface area (Å²) >= 11 is 0. The van der Waals surface area contributed by atoms with Gasteiger partial charge in [-0.2, -0.15) is 5.53 Å². The van der Waals surface area contributed by atoms with E-state index in [-0.39, 0.29) is 17.5 Å². The molecule has 1 amide bonds. The Hall–Kier alpha value is -2.55. The van der Waals surface area contributed by atoms with E-state index in [2.05, 4.69) is 27.0 Å². The van der Waals surface area contributed by atoms with Crippen molar-refractivity contribution in [2.24, 2.45) is 0 Å². The molecule has 0 aliphatic carbocycles. The SMILES string of the molecule is Cc1cc(F)ccc1NC(=O)C1NNNC1Nc1ccc(F)cc1. The monoisotopic (exact) mass is 333 g/mol. The summed E-state index contributed by atoms with van der Waals surface area (Å²) in [6.45, 7) is 1.71. The van der Waals surface area contributed by atoms with Crippen molar-refractivity contribution in [3.8, 4) is 0 Å². The van der Waals surface area contributed by atoms with Crippen molar-refractivity contribution in [2.45, 2.75) is 19.1 Å². The number of anilines is 2. The molecule has 2 atom stereocenters. The van der Waals surface area contributed by atoms with Gasteiger partial charge < -0.3 is 10.6 Å². The smallest absolute Gasteiger partial charge is 0.246 e. The van der Waals surface area contributed by atoms with Crippen molar-refractivity contribution < 1.29 is 13.6 Å². The molecule has 8 heteroatoms. The molecular formula is C16H17F2N5O. The number of aryl methyl sites for hydroxylation is 1. The highest BCUT2D eigenvalue weighted by atomic mass is 19.1. The zero-order valence-electron chi connectivity index (χ0n) is 12.9. The molecule has 0 radical (unpaired) electrons. The lowest BCUT2D eigenvalue weighted by Crippen LogP contribution is -2.48. The first-order valence-electron chi connectivity index (χ1n) is 7.38. The molecule has 3 rings (SSSR count). The highest BCUT2D eigenvalue weighted by Gasteiger charge is 2.33. The first-order valence-corrected chi connectivity index (χ1v) is 7.38. The van der Waals surface area contributed by atoms with Gasteiger partial charge >= 0.3 is 0 Å². The third kappa shape index (κ3) is 3.67. The Kier molecular flexibility index (Phi) is 4.70. The highest BCUT2D eigenvalue weighted by molar-refractivity contribution is 5.96. The number of rotatable bonds is 4. The maximum Gasteiger partial charge on any atom is 0.246 e. The quantitative estimate of drug-likeness (QED) is 0.588. The van der Waals surface area contributed by atoms with E-state index >= 15 is 0 Å². The van der Waals surface area contributed by atoms with Gasteiger partial charge in [-0.3, -0.25) is 4.79 Å². The van der Waals surface area contributed by atoms with Gasteiger partial charge in [0.25, 0.3) is 0 Å². The number of amides is 1. The number of carbonyl (C=O) groups excluding carboxylic acids is 1. The Bertz CT molecular complexity index is 738. The van der Waals surface area contributed by atoms with Gasteiger partial charge in [0.05, 0.1) is 0 Å². The Morgan fingerprint density at radius 3 is 2.46 bits per heavy atom. The van der Waals surface area contributed by atoms with Crippen LogP contribution < -0.4 is 27.0 Å². The molecule has 2 aromatic carbocycles. The van der Waals surface area contributed by atoms with E-state index in [0.29, 0.717) is 16.9 Å². The molecule has 1 aliphatic heterocycles. The van der Waals surface area contributed by atoms with Crippen LogP contribution in [0.25, 0.3) is 0 Å². The molecule has 5 N–H and O–H groups in total. The molecule has 6 nitrogen and oxygen atoms in total. The van der Waals surface area contributed by atoms with Crippen LogP contribution in [0.2, 0.25) is 0 Å². The molecule has 0 spiro atoms. The minimum absolute atomic E-state index is 0.304. The first kappa shape index (κ1) is 16.3. The van der Waals surface area contributed by atoms with Crippen LogP contribution in [-0.4, -0.2) is 18.1 Å². The van der Waals surface area contributed by atoms with E-state index < -0.39 is 12.2 Å². The zero-order valence-corrected chi connectivity index (χ0v) is 12.9. The normalized spacial score (nSPS) is 20.0. The lowest BCUT2D eigenvalue weighted by atomic mass is 10.1. The van der Waals surface area contributed by atoms with Crippen LogP contribution in [0.5, 0.6) is 0 Å². The van der Waals surface area contributed by atoms with Crippen molar-refractivity contribution in [1.29, 1.82) is 0 Å². The van der Waals surface area contributed by atoms with Crippen LogP contribution in [0.1, 0.15) is 5.56 Å². The van der Waals surface area contributed by atoms with E-state index in [0.717, 1.165) is 0 Å². The van der Waals surface area contributed by atoms with Gasteiger partial charge in [0.1, 0.15) is 23.8 Å². The van der Waals surface area contributed by atoms with Crippen molar-refractivity contribution in [2.75, 3.05) is 10.6 Å². The molecule has 0 aromatic heterocycles. The second-order valence-corrected chi connectivity index (χ2v) is 5.47. The summed E-state index contributed by atoms with van der Waals surface area (Å²) in [5.41, 5.74) is 10.2. The first-order chi connectivity index (χ1) is 11.5. The molecule has 0 bridgehead atoms. The number of hydrogen-bond acceptors (Lipinski definition) is 5. The summed E-state index contributed by atoms with van der Waals surface area (Å²) < 4.78 is 26.1. The summed E-state index contributed by atoms with van der Waals surface area (Å²) in [5, 5.41) is 5.84. The standard InChI is InChI=1S/C16H17F2N5O/c1-9-8-11(18)4-7-13(9)20-16(24)14-15(22-23-21-14)19-12-5-2-10(17)3-6-12/h2-8,14-15,19,21-23H,1H3,(H,20,24). The number of benzene rings is 2. The van der Waals surface area contributed by atoms with E-state index in [4.69, 9.17) is 0 Å². The van der Waals surface area contributed by atoms with Crippen molar-refractivity contribution in [3.63, 3.8) is 0 Å². The van der Waals surface area contributed by atoms with Crippen LogP contribution in [0.3, 0.4) is 0 Å². The highest BCUT2D eigenvalue weighted by Crippen LogP contribution is 2.17. The average molecular weight is 333 g/mol. The van der Waals surface area contributed by atoms with Gasteiger partial charge in [-0.05, 0) is 55.0 Å². The molecule has 1 saturated heterocycles. The summed E-state index contributed by atoms with van der Waals surface area (Å²) in [4.78, 5) is 12.5. The molecule has 1 heterocycles. The molecule has 126 valence electrons. The minimum atomic E-state index is -0.639. The molecule has 2 unspecified atom stereocenters. The third-order valence-electron chi connectivity index (χ3n) is 3.68. The van der Waals surface area contributed by atoms with E-state index in [1.807, 2.05) is 0 Å². The lowest BCUT2D eigenvalue weighted by molar-refractivity contribution is -0.118. The van der Waals surface area contributed by atoms with Crippen LogP contribution in [-0.2, 0) is 4.79 Å². The van der Waals surface area contributed by atoms with Gasteiger partial charge in [-0.25, -0.2) is 19.6 Å². The van der Waals surface area contributed by atoms with Gasteiger partial charge in [-0.1, -0.05) is 0 Å². The lowest BCUT2D eigenvalue weighted by Gasteiger charge is -2.20. The molecule has 2 aromatic rings. The maximum absolute atomic E-state index is 13.1. The molecule has 1 aliphatic rings. The third-order valence-corrected chi connectivity index (χ3v) is 3.68. The van der Waals surface area contributed by atoms with Gasteiger partial charge in [-0.15, -0.1) is 0 Å². The van der Waals surface area contributed by atoms with Crippen LogP contribution in [0, 0.1) is 18.6 Å². The second kappa shape index (κ2) is 6.91. The number of carbonyl (C=O) groups is 1. The molecule has 0 saturated carbocycles. The maximum atomic E-state index is 13.1. The number of hydrazine groups is 2. The summed E-state index contributed by atoms with van der Waals surface area (Å²) in [5.74, 6) is -0.997. The molecular weight excluding hydrogens is 316 g/mol. The fraction of sp³-hybridized carbons (Fsp3) is 0.188. The fourth-order valence-electron chi connectivity index (χ4n) is 2.40. The van der Waals surface area contributed by atoms with Crippen LogP contribution in [0.15, 0.2) is 42.5 Å². The summed E-state index contributed by atoms with van der Waals surface area (Å²) in [6, 6.07) is 9.32. The van der Waals surface area contributed by atoms with Crippen LogP contribution in [0.4, 0.5) is 20.2 Å².